The Bertz CT molecular complexity index is 318. The van der Waals surface area contributed by atoms with E-state index < -0.39 is 12.0 Å². The van der Waals surface area contributed by atoms with Crippen molar-refractivity contribution in [1.29, 1.82) is 5.26 Å². The van der Waals surface area contributed by atoms with Crippen molar-refractivity contribution in [1.82, 2.24) is 0 Å². The van der Waals surface area contributed by atoms with E-state index in [1.54, 1.807) is 18.2 Å². The molecule has 1 rings (SSSR count). The smallest absolute Gasteiger partial charge is 0.273 e. The number of hydrogen-bond acceptors (Lipinski definition) is 2. The van der Waals surface area contributed by atoms with E-state index in [-0.39, 0.29) is 5.56 Å². The van der Waals surface area contributed by atoms with Gasteiger partial charge in [-0.3, -0.25) is 0 Å². The zero-order valence-electron chi connectivity index (χ0n) is 6.74. The Balaban J connectivity index is 3.13. The number of nitrogens with two attached hydrogens (primary N) is 1. The van der Waals surface area contributed by atoms with E-state index in [0.29, 0.717) is 0 Å². The standard InChI is InChI=1S/C9H8F2N2/c10-8(11)9(13,6-12)7-4-2-1-3-5-7/h1-5,8H,13H2. The summed E-state index contributed by atoms with van der Waals surface area (Å²) in [7, 11) is 0. The highest BCUT2D eigenvalue weighted by Crippen LogP contribution is 2.24. The van der Waals surface area contributed by atoms with Crippen LogP contribution >= 0.6 is 0 Å². The predicted octanol–water partition coefficient (Wildman–Crippen LogP) is 1.63. The number of hydrogen-bond donors (Lipinski definition) is 1. The van der Waals surface area contributed by atoms with Gasteiger partial charge < -0.3 is 5.73 Å². The minimum atomic E-state index is -2.89. The maximum atomic E-state index is 12.4. The lowest BCUT2D eigenvalue weighted by atomic mass is 9.93. The summed E-state index contributed by atoms with van der Waals surface area (Å²) in [6, 6.07) is 9.05. The third kappa shape index (κ3) is 1.65. The molecule has 68 valence electrons. The predicted molar refractivity (Wildman–Crippen MR) is 43.9 cm³/mol. The third-order valence-electron chi connectivity index (χ3n) is 1.78. The molecule has 0 saturated carbocycles. The fraction of sp³-hybridized carbons (Fsp3) is 0.222. The summed E-state index contributed by atoms with van der Waals surface area (Å²) in [5.41, 5.74) is 3.19. The van der Waals surface area contributed by atoms with E-state index in [1.165, 1.54) is 18.2 Å². The third-order valence-corrected chi connectivity index (χ3v) is 1.78. The van der Waals surface area contributed by atoms with Gasteiger partial charge in [0, 0.05) is 0 Å². The summed E-state index contributed by atoms with van der Waals surface area (Å²) in [4.78, 5) is 0. The van der Waals surface area contributed by atoms with Crippen molar-refractivity contribution >= 4 is 0 Å². The summed E-state index contributed by atoms with van der Waals surface area (Å²) in [5, 5.41) is 8.55. The highest BCUT2D eigenvalue weighted by molar-refractivity contribution is 5.31. The Labute approximate surface area is 74.6 Å². The number of nitriles is 1. The fourth-order valence-corrected chi connectivity index (χ4v) is 0.953. The van der Waals surface area contributed by atoms with Gasteiger partial charge in [0.1, 0.15) is 0 Å². The minimum Gasteiger partial charge on any atom is -0.305 e. The molecule has 1 unspecified atom stereocenters. The second-order valence-corrected chi connectivity index (χ2v) is 2.65. The van der Waals surface area contributed by atoms with E-state index in [1.807, 2.05) is 0 Å². The van der Waals surface area contributed by atoms with Gasteiger partial charge in [0.25, 0.3) is 6.43 Å². The van der Waals surface area contributed by atoms with Crippen molar-refractivity contribution < 1.29 is 8.78 Å². The molecule has 1 aromatic carbocycles. The normalized spacial score (nSPS) is 15.0. The SMILES string of the molecule is N#CC(N)(c1ccccc1)C(F)F. The molecule has 4 heteroatoms. The zero-order valence-corrected chi connectivity index (χ0v) is 6.74. The lowest BCUT2D eigenvalue weighted by molar-refractivity contribution is 0.0823. The molecule has 0 heterocycles. The van der Waals surface area contributed by atoms with Crippen LogP contribution in [0.15, 0.2) is 30.3 Å². The van der Waals surface area contributed by atoms with Crippen LogP contribution in [0.3, 0.4) is 0 Å². The molecule has 0 aromatic heterocycles. The summed E-state index contributed by atoms with van der Waals surface area (Å²) in [6.07, 6.45) is -2.89. The molecule has 13 heavy (non-hydrogen) atoms. The van der Waals surface area contributed by atoms with Crippen LogP contribution in [0.5, 0.6) is 0 Å². The van der Waals surface area contributed by atoms with Gasteiger partial charge in [-0.15, -0.1) is 0 Å². The molecule has 1 aromatic rings. The van der Waals surface area contributed by atoms with Gasteiger partial charge in [0.2, 0.25) is 0 Å². The van der Waals surface area contributed by atoms with Gasteiger partial charge in [-0.05, 0) is 5.56 Å². The number of halogens is 2. The first-order chi connectivity index (χ1) is 6.11. The van der Waals surface area contributed by atoms with Crippen molar-refractivity contribution in [2.75, 3.05) is 0 Å². The molecule has 0 bridgehead atoms. The Kier molecular flexibility index (Phi) is 2.59. The Hall–Kier alpha value is -1.47. The molecule has 0 amide bonds. The van der Waals surface area contributed by atoms with Gasteiger partial charge in [0.05, 0.1) is 6.07 Å². The lowest BCUT2D eigenvalue weighted by Crippen LogP contribution is -2.42. The number of nitrogens with zero attached hydrogens (tertiary/aromatic N) is 1. The van der Waals surface area contributed by atoms with E-state index in [4.69, 9.17) is 11.0 Å². The summed E-state index contributed by atoms with van der Waals surface area (Å²) in [5.74, 6) is 0. The molecule has 2 N–H and O–H groups in total. The van der Waals surface area contributed by atoms with Crippen molar-refractivity contribution in [3.05, 3.63) is 35.9 Å². The highest BCUT2D eigenvalue weighted by atomic mass is 19.3. The Morgan fingerprint density at radius 2 is 1.85 bits per heavy atom. The van der Waals surface area contributed by atoms with Crippen molar-refractivity contribution in [2.45, 2.75) is 12.0 Å². The summed E-state index contributed by atoms with van der Waals surface area (Å²) < 4.78 is 24.8. The molecule has 0 radical (unpaired) electrons. The first kappa shape index (κ1) is 9.62. The van der Waals surface area contributed by atoms with Crippen LogP contribution in [0.1, 0.15) is 5.56 Å². The van der Waals surface area contributed by atoms with Crippen LogP contribution in [-0.2, 0) is 5.54 Å². The Morgan fingerprint density at radius 1 is 1.31 bits per heavy atom. The molecule has 0 aliphatic rings. The number of alkyl halides is 2. The van der Waals surface area contributed by atoms with Crippen LogP contribution in [0.25, 0.3) is 0 Å². The van der Waals surface area contributed by atoms with Crippen LogP contribution in [0, 0.1) is 11.3 Å². The van der Waals surface area contributed by atoms with Gasteiger partial charge >= 0.3 is 0 Å². The second kappa shape index (κ2) is 3.50. The molecule has 0 aliphatic carbocycles. The number of rotatable bonds is 2. The minimum absolute atomic E-state index is 0.132. The van der Waals surface area contributed by atoms with Crippen LogP contribution in [0.2, 0.25) is 0 Å². The maximum absolute atomic E-state index is 12.4. The quantitative estimate of drug-likeness (QED) is 0.755. The molecule has 0 fully saturated rings. The fourth-order valence-electron chi connectivity index (χ4n) is 0.953. The zero-order chi connectivity index (χ0) is 9.90. The first-order valence-electron chi connectivity index (χ1n) is 3.65. The first-order valence-corrected chi connectivity index (χ1v) is 3.65. The average Bonchev–Trinajstić information content (AvgIpc) is 2.17. The van der Waals surface area contributed by atoms with Gasteiger partial charge in [0.15, 0.2) is 5.54 Å². The Morgan fingerprint density at radius 3 is 2.23 bits per heavy atom. The second-order valence-electron chi connectivity index (χ2n) is 2.65. The molecular formula is C9H8F2N2. The summed E-state index contributed by atoms with van der Waals surface area (Å²) >= 11 is 0. The number of benzene rings is 1. The lowest BCUT2D eigenvalue weighted by Gasteiger charge is -2.20. The monoisotopic (exact) mass is 182 g/mol. The maximum Gasteiger partial charge on any atom is 0.273 e. The van der Waals surface area contributed by atoms with Gasteiger partial charge in [-0.2, -0.15) is 5.26 Å². The van der Waals surface area contributed by atoms with Crippen molar-refractivity contribution in [3.8, 4) is 6.07 Å². The summed E-state index contributed by atoms with van der Waals surface area (Å²) in [6.45, 7) is 0. The van der Waals surface area contributed by atoms with Crippen molar-refractivity contribution in [3.63, 3.8) is 0 Å². The van der Waals surface area contributed by atoms with E-state index in [2.05, 4.69) is 0 Å². The van der Waals surface area contributed by atoms with E-state index in [0.717, 1.165) is 0 Å². The molecular weight excluding hydrogens is 174 g/mol. The van der Waals surface area contributed by atoms with Crippen LogP contribution in [0.4, 0.5) is 8.78 Å². The highest BCUT2D eigenvalue weighted by Gasteiger charge is 2.37. The van der Waals surface area contributed by atoms with E-state index >= 15 is 0 Å². The van der Waals surface area contributed by atoms with E-state index in [9.17, 15) is 8.78 Å². The van der Waals surface area contributed by atoms with Gasteiger partial charge in [-0.25, -0.2) is 8.78 Å². The largest absolute Gasteiger partial charge is 0.305 e. The van der Waals surface area contributed by atoms with Gasteiger partial charge in [-0.1, -0.05) is 30.3 Å². The topological polar surface area (TPSA) is 49.8 Å². The van der Waals surface area contributed by atoms with Crippen LogP contribution in [-0.4, -0.2) is 6.43 Å². The van der Waals surface area contributed by atoms with Crippen molar-refractivity contribution in [2.24, 2.45) is 5.73 Å². The average molecular weight is 182 g/mol. The van der Waals surface area contributed by atoms with Crippen LogP contribution < -0.4 is 5.73 Å². The molecule has 0 spiro atoms. The molecule has 0 saturated heterocycles. The molecule has 2 nitrogen and oxygen atoms in total. The molecule has 0 aliphatic heterocycles. The molecule has 1 atom stereocenters.